The van der Waals surface area contributed by atoms with E-state index in [1.165, 1.54) is 6.92 Å². The van der Waals surface area contributed by atoms with Crippen LogP contribution in [-0.4, -0.2) is 106 Å². The number of piperazine rings is 1. The van der Waals surface area contributed by atoms with Gasteiger partial charge < -0.3 is 14.9 Å². The number of fused-ring (bicyclic) bond motifs is 5. The Kier molecular flexibility index (Phi) is 3.73. The lowest BCUT2D eigenvalue weighted by Gasteiger charge is -2.61. The van der Waals surface area contributed by atoms with Gasteiger partial charge in [-0.25, -0.2) is 0 Å². The zero-order chi connectivity index (χ0) is 21.1. The summed E-state index contributed by atoms with van der Waals surface area (Å²) >= 11 is 0. The second-order valence-corrected chi connectivity index (χ2v) is 9.24. The highest BCUT2D eigenvalue weighted by atomic mass is 16.5. The number of likely N-dealkylation sites (N-methyl/N-ethyl adjacent to an activating group) is 1. The third-order valence-corrected chi connectivity index (χ3v) is 8.32. The van der Waals surface area contributed by atoms with Crippen LogP contribution in [0.5, 0.6) is 0 Å². The average Bonchev–Trinajstić information content (AvgIpc) is 3.32. The van der Waals surface area contributed by atoms with Crippen molar-refractivity contribution < 1.29 is 24.5 Å². The Bertz CT molecular complexity index is 982. The second-order valence-electron chi connectivity index (χ2n) is 9.24. The summed E-state index contributed by atoms with van der Waals surface area (Å²) in [4.78, 5) is 32.1. The van der Waals surface area contributed by atoms with Crippen molar-refractivity contribution in [2.75, 3.05) is 26.8 Å². The standard InChI is InChI=1S/C21H24N4O5/c1-8-18(27)14-13(20(29)19(8)28)12(7-26)25-11(6-22)10-5-9-15(23(10)2)17(25)16(14)24-3-4-30-21(9)24/h9-12,15-17,21,26-27H,3-5,7H2,1-2H3/t9-,10+,11-,12-,15-,16+,17+,21+/m1/s1. The van der Waals surface area contributed by atoms with Gasteiger partial charge in [-0.15, -0.1) is 0 Å². The monoisotopic (exact) mass is 412 g/mol. The molecule has 4 fully saturated rings. The summed E-state index contributed by atoms with van der Waals surface area (Å²) in [5, 5.41) is 31.5. The van der Waals surface area contributed by atoms with Crippen molar-refractivity contribution in [2.45, 2.75) is 55.8 Å². The van der Waals surface area contributed by atoms with Crippen LogP contribution in [0.25, 0.3) is 0 Å². The number of ketones is 2. The van der Waals surface area contributed by atoms with E-state index in [0.717, 1.165) is 6.42 Å². The summed E-state index contributed by atoms with van der Waals surface area (Å²) in [7, 11) is 2.03. The second kappa shape index (κ2) is 5.99. The van der Waals surface area contributed by atoms with E-state index in [1.54, 1.807) is 0 Å². The molecule has 0 aromatic carbocycles. The molecule has 1 aliphatic carbocycles. The van der Waals surface area contributed by atoms with E-state index >= 15 is 0 Å². The first-order valence-electron chi connectivity index (χ1n) is 10.5. The minimum atomic E-state index is -0.782. The van der Waals surface area contributed by atoms with Gasteiger partial charge in [0.2, 0.25) is 11.6 Å². The molecule has 2 N–H and O–H groups in total. The fraction of sp³-hybridized carbons (Fsp3) is 0.667. The Hall–Kier alpha value is -2.09. The Labute approximate surface area is 173 Å². The van der Waals surface area contributed by atoms with Crippen LogP contribution in [0.1, 0.15) is 13.3 Å². The summed E-state index contributed by atoms with van der Waals surface area (Å²) in [6.45, 7) is 2.30. The predicted octanol–water partition coefficient (Wildman–Crippen LogP) is -1.05. The molecular weight excluding hydrogens is 388 g/mol. The molecule has 6 rings (SSSR count). The van der Waals surface area contributed by atoms with Gasteiger partial charge in [-0.05, 0) is 20.4 Å². The van der Waals surface area contributed by atoms with Crippen molar-refractivity contribution in [3.8, 4) is 6.07 Å². The van der Waals surface area contributed by atoms with Gasteiger partial charge in [0.1, 0.15) is 18.0 Å². The van der Waals surface area contributed by atoms with E-state index in [1.807, 2.05) is 11.9 Å². The van der Waals surface area contributed by atoms with E-state index in [0.29, 0.717) is 18.7 Å². The van der Waals surface area contributed by atoms with Crippen LogP contribution >= 0.6 is 0 Å². The van der Waals surface area contributed by atoms with E-state index in [2.05, 4.69) is 15.9 Å². The number of ether oxygens (including phenoxy) is 1. The number of aliphatic hydroxyl groups is 2. The molecular formula is C21H24N4O5. The molecule has 30 heavy (non-hydrogen) atoms. The lowest BCUT2D eigenvalue weighted by molar-refractivity contribution is -0.144. The van der Waals surface area contributed by atoms with Gasteiger partial charge >= 0.3 is 0 Å². The fourth-order valence-electron chi connectivity index (χ4n) is 7.22. The molecule has 0 spiro atoms. The van der Waals surface area contributed by atoms with Gasteiger partial charge in [-0.1, -0.05) is 0 Å². The highest BCUT2D eigenvalue weighted by Gasteiger charge is 2.68. The van der Waals surface area contributed by atoms with Crippen molar-refractivity contribution in [1.29, 1.82) is 5.26 Å². The number of nitriles is 1. The largest absolute Gasteiger partial charge is 0.507 e. The van der Waals surface area contributed by atoms with Crippen LogP contribution in [0.2, 0.25) is 0 Å². The van der Waals surface area contributed by atoms with Gasteiger partial charge in [-0.2, -0.15) is 5.26 Å². The maximum Gasteiger partial charge on any atom is 0.232 e. The van der Waals surface area contributed by atoms with Crippen LogP contribution < -0.4 is 0 Å². The minimum Gasteiger partial charge on any atom is -0.507 e. The van der Waals surface area contributed by atoms with Crippen LogP contribution in [0.3, 0.4) is 0 Å². The Morgan fingerprint density at radius 3 is 2.70 bits per heavy atom. The third kappa shape index (κ3) is 1.90. The molecule has 0 aromatic heterocycles. The van der Waals surface area contributed by atoms with Gasteiger partial charge in [0.15, 0.2) is 0 Å². The number of hydrogen-bond donors (Lipinski definition) is 2. The predicted molar refractivity (Wildman–Crippen MR) is 102 cm³/mol. The smallest absolute Gasteiger partial charge is 0.232 e. The van der Waals surface area contributed by atoms with Crippen molar-refractivity contribution in [2.24, 2.45) is 5.92 Å². The van der Waals surface area contributed by atoms with E-state index in [9.17, 15) is 25.1 Å². The number of carbonyl (C=O) groups is 2. The summed E-state index contributed by atoms with van der Waals surface area (Å²) < 4.78 is 6.12. The number of allylic oxidation sites excluding steroid dienone is 1. The van der Waals surface area contributed by atoms with Gasteiger partial charge in [0.25, 0.3) is 0 Å². The first kappa shape index (κ1) is 18.7. The Balaban J connectivity index is 1.66. The zero-order valence-electron chi connectivity index (χ0n) is 16.9. The molecule has 6 aliphatic rings. The molecule has 0 aromatic rings. The molecule has 2 bridgehead atoms. The minimum absolute atomic E-state index is 0.0393. The number of hydrogen-bond acceptors (Lipinski definition) is 9. The Morgan fingerprint density at radius 2 is 2.00 bits per heavy atom. The number of nitrogens with zero attached hydrogens (tertiary/aromatic N) is 4. The zero-order valence-corrected chi connectivity index (χ0v) is 16.9. The summed E-state index contributed by atoms with van der Waals surface area (Å²) in [6, 6.07) is 0.595. The SMILES string of the molecule is CC1=C(O)C2=C(C(=O)C1=O)[C@@H](CO)N1[C@H]3[C@H]4[C@@H](C[C@@H]([C@H]1C#N)N4C)[C@@H]1OCCN1[C@@H]23. The first-order valence-corrected chi connectivity index (χ1v) is 10.5. The lowest BCUT2D eigenvalue weighted by Crippen LogP contribution is -2.77. The topological polar surface area (TPSA) is 117 Å². The number of Topliss-reactive ketones (excluding diaryl/α,β-unsaturated/α-hetero) is 2. The van der Waals surface area contributed by atoms with Crippen LogP contribution in [0.4, 0.5) is 0 Å². The summed E-state index contributed by atoms with van der Waals surface area (Å²) in [5.41, 5.74) is 0.648. The molecule has 0 saturated carbocycles. The van der Waals surface area contributed by atoms with Crippen LogP contribution in [0, 0.1) is 17.2 Å². The van der Waals surface area contributed by atoms with Crippen LogP contribution in [-0.2, 0) is 14.3 Å². The van der Waals surface area contributed by atoms with E-state index < -0.39 is 23.7 Å². The highest BCUT2D eigenvalue weighted by molar-refractivity contribution is 6.50. The van der Waals surface area contributed by atoms with Gasteiger partial charge in [0, 0.05) is 47.3 Å². The fourth-order valence-corrected chi connectivity index (χ4v) is 7.22. The molecule has 9 heteroatoms. The van der Waals surface area contributed by atoms with Crippen molar-refractivity contribution in [3.05, 3.63) is 22.5 Å². The van der Waals surface area contributed by atoms with Crippen LogP contribution in [0.15, 0.2) is 22.5 Å². The maximum atomic E-state index is 13.1. The lowest BCUT2D eigenvalue weighted by atomic mass is 9.69. The molecule has 8 atom stereocenters. The number of carbonyl (C=O) groups excluding carboxylic acids is 2. The van der Waals surface area contributed by atoms with Gasteiger partial charge in [-0.3, -0.25) is 24.3 Å². The third-order valence-electron chi connectivity index (χ3n) is 8.32. The average molecular weight is 412 g/mol. The van der Waals surface area contributed by atoms with Crippen molar-refractivity contribution in [1.82, 2.24) is 14.7 Å². The van der Waals surface area contributed by atoms with Crippen molar-refractivity contribution >= 4 is 11.6 Å². The molecule has 0 unspecified atom stereocenters. The molecule has 9 nitrogen and oxygen atoms in total. The number of aliphatic hydroxyl groups excluding tert-OH is 2. The quantitative estimate of drug-likeness (QED) is 0.411. The summed E-state index contributed by atoms with van der Waals surface area (Å²) in [5.74, 6) is -1.37. The molecule has 158 valence electrons. The molecule has 4 saturated heterocycles. The highest BCUT2D eigenvalue weighted by Crippen LogP contribution is 2.55. The maximum absolute atomic E-state index is 13.1. The van der Waals surface area contributed by atoms with E-state index in [-0.39, 0.29) is 59.8 Å². The normalized spacial score (nSPS) is 45.7. The number of rotatable bonds is 1. The van der Waals surface area contributed by atoms with Crippen molar-refractivity contribution in [3.63, 3.8) is 0 Å². The summed E-state index contributed by atoms with van der Waals surface area (Å²) in [6.07, 6.45) is 0.653. The molecule has 0 amide bonds. The molecule has 0 radical (unpaired) electrons. The number of piperidine rings is 1. The van der Waals surface area contributed by atoms with E-state index in [4.69, 9.17) is 4.74 Å². The molecule has 5 heterocycles. The molecule has 5 aliphatic heterocycles. The van der Waals surface area contributed by atoms with Gasteiger partial charge in [0.05, 0.1) is 31.4 Å². The Morgan fingerprint density at radius 1 is 1.23 bits per heavy atom. The first-order chi connectivity index (χ1) is 14.4.